The van der Waals surface area contributed by atoms with E-state index in [1.165, 1.54) is 16.7 Å². The third kappa shape index (κ3) is 3.44. The predicted octanol–water partition coefficient (Wildman–Crippen LogP) is 3.44. The van der Waals surface area contributed by atoms with Crippen LogP contribution in [0.3, 0.4) is 0 Å². The van der Waals surface area contributed by atoms with Crippen LogP contribution in [0.25, 0.3) is 0 Å². The summed E-state index contributed by atoms with van der Waals surface area (Å²) in [7, 11) is 2.15. The Bertz CT molecular complexity index is 493. The van der Waals surface area contributed by atoms with Gasteiger partial charge < -0.3 is 5.73 Å². The Hall–Kier alpha value is -1.16. The topological polar surface area (TPSA) is 29.3 Å². The van der Waals surface area contributed by atoms with E-state index in [9.17, 15) is 0 Å². The number of hydrogen-bond donors (Lipinski definition) is 1. The van der Waals surface area contributed by atoms with Gasteiger partial charge in [0, 0.05) is 19.1 Å². The average molecular weight is 274 g/mol. The van der Waals surface area contributed by atoms with Gasteiger partial charge >= 0.3 is 0 Å². The Morgan fingerprint density at radius 2 is 2.05 bits per heavy atom. The van der Waals surface area contributed by atoms with Crippen molar-refractivity contribution in [1.29, 1.82) is 0 Å². The van der Waals surface area contributed by atoms with Crippen molar-refractivity contribution in [2.75, 3.05) is 13.6 Å². The first-order valence-electron chi connectivity index (χ1n) is 6.75. The van der Waals surface area contributed by atoms with Crippen molar-refractivity contribution in [3.8, 4) is 0 Å². The summed E-state index contributed by atoms with van der Waals surface area (Å²) in [6.45, 7) is 3.80. The summed E-state index contributed by atoms with van der Waals surface area (Å²) in [5.74, 6) is 0. The van der Waals surface area contributed by atoms with E-state index in [1.807, 2.05) is 0 Å². The lowest BCUT2D eigenvalue weighted by Crippen LogP contribution is -2.30. The lowest BCUT2D eigenvalue weighted by Gasteiger charge is -2.28. The predicted molar refractivity (Wildman–Crippen MR) is 83.4 cm³/mol. The molecule has 1 aromatic carbocycles. The lowest BCUT2D eigenvalue weighted by molar-refractivity contribution is 0.241. The van der Waals surface area contributed by atoms with Crippen LogP contribution in [0.5, 0.6) is 0 Å². The summed E-state index contributed by atoms with van der Waals surface area (Å²) in [4.78, 5) is 2.34. The van der Waals surface area contributed by atoms with Gasteiger partial charge in [-0.1, -0.05) is 31.2 Å². The van der Waals surface area contributed by atoms with Crippen LogP contribution in [-0.4, -0.2) is 18.5 Å². The van der Waals surface area contributed by atoms with E-state index < -0.39 is 0 Å². The van der Waals surface area contributed by atoms with Crippen LogP contribution in [-0.2, 0) is 13.0 Å². The standard InChI is InChI=1S/C16H22N2S/c1-3-14-6-4-5-7-15(14)16(10-17)18(2)11-13-8-9-19-12-13/h4-9,12,16H,3,10-11,17H2,1-2H3. The van der Waals surface area contributed by atoms with E-state index in [-0.39, 0.29) is 6.04 Å². The molecule has 0 radical (unpaired) electrons. The summed E-state index contributed by atoms with van der Waals surface area (Å²) in [6.07, 6.45) is 1.05. The van der Waals surface area contributed by atoms with Gasteiger partial charge in [0.1, 0.15) is 0 Å². The third-order valence-electron chi connectivity index (χ3n) is 3.56. The minimum Gasteiger partial charge on any atom is -0.329 e. The fourth-order valence-electron chi connectivity index (χ4n) is 2.51. The molecule has 0 aliphatic rings. The molecule has 2 N–H and O–H groups in total. The van der Waals surface area contributed by atoms with E-state index in [1.54, 1.807) is 11.3 Å². The van der Waals surface area contributed by atoms with E-state index in [2.05, 4.69) is 60.0 Å². The van der Waals surface area contributed by atoms with Gasteiger partial charge in [-0.25, -0.2) is 0 Å². The SMILES string of the molecule is CCc1ccccc1C(CN)N(C)Cc1ccsc1. The monoisotopic (exact) mass is 274 g/mol. The maximum absolute atomic E-state index is 6.02. The van der Waals surface area contributed by atoms with Crippen molar-refractivity contribution in [3.63, 3.8) is 0 Å². The maximum atomic E-state index is 6.02. The fraction of sp³-hybridized carbons (Fsp3) is 0.375. The quantitative estimate of drug-likeness (QED) is 0.874. The van der Waals surface area contributed by atoms with Crippen LogP contribution in [0.15, 0.2) is 41.1 Å². The first-order chi connectivity index (χ1) is 9.26. The van der Waals surface area contributed by atoms with E-state index in [0.29, 0.717) is 6.54 Å². The van der Waals surface area contributed by atoms with Crippen molar-refractivity contribution in [3.05, 3.63) is 57.8 Å². The summed E-state index contributed by atoms with van der Waals surface area (Å²) in [5, 5.41) is 4.33. The Labute approximate surface area is 119 Å². The number of nitrogens with two attached hydrogens (primary N) is 1. The van der Waals surface area contributed by atoms with Crippen molar-refractivity contribution in [1.82, 2.24) is 4.90 Å². The van der Waals surface area contributed by atoms with Crippen LogP contribution < -0.4 is 5.73 Å². The van der Waals surface area contributed by atoms with Gasteiger partial charge in [-0.05, 0) is 47.0 Å². The first-order valence-corrected chi connectivity index (χ1v) is 7.69. The van der Waals surface area contributed by atoms with Gasteiger partial charge in [0.25, 0.3) is 0 Å². The van der Waals surface area contributed by atoms with E-state index >= 15 is 0 Å². The second-order valence-electron chi connectivity index (χ2n) is 4.85. The fourth-order valence-corrected chi connectivity index (χ4v) is 3.17. The molecule has 0 fully saturated rings. The molecule has 0 aliphatic heterocycles. The average Bonchev–Trinajstić information content (AvgIpc) is 2.93. The highest BCUT2D eigenvalue weighted by atomic mass is 32.1. The van der Waals surface area contributed by atoms with Gasteiger partial charge in [-0.3, -0.25) is 4.90 Å². The molecule has 0 saturated heterocycles. The van der Waals surface area contributed by atoms with E-state index in [0.717, 1.165) is 13.0 Å². The van der Waals surface area contributed by atoms with Gasteiger partial charge in [0.2, 0.25) is 0 Å². The molecule has 19 heavy (non-hydrogen) atoms. The molecule has 0 bridgehead atoms. The number of thiophene rings is 1. The number of likely N-dealkylation sites (N-methyl/N-ethyl adjacent to an activating group) is 1. The summed E-state index contributed by atoms with van der Waals surface area (Å²) >= 11 is 1.75. The Morgan fingerprint density at radius 3 is 2.68 bits per heavy atom. The summed E-state index contributed by atoms with van der Waals surface area (Å²) < 4.78 is 0. The number of rotatable bonds is 6. The van der Waals surface area contributed by atoms with Gasteiger partial charge in [-0.2, -0.15) is 11.3 Å². The van der Waals surface area contributed by atoms with Gasteiger partial charge in [0.15, 0.2) is 0 Å². The van der Waals surface area contributed by atoms with Crippen molar-refractivity contribution >= 4 is 11.3 Å². The molecule has 2 rings (SSSR count). The van der Waals surface area contributed by atoms with Crippen LogP contribution in [0.4, 0.5) is 0 Å². The molecule has 0 amide bonds. The zero-order valence-corrected chi connectivity index (χ0v) is 12.5. The molecule has 1 aromatic heterocycles. The van der Waals surface area contributed by atoms with Crippen LogP contribution in [0, 0.1) is 0 Å². The van der Waals surface area contributed by atoms with Crippen molar-refractivity contribution in [2.45, 2.75) is 25.9 Å². The molecule has 0 aliphatic carbocycles. The molecule has 1 atom stereocenters. The van der Waals surface area contributed by atoms with Crippen molar-refractivity contribution < 1.29 is 0 Å². The molecule has 3 heteroatoms. The first kappa shape index (κ1) is 14.3. The van der Waals surface area contributed by atoms with Gasteiger partial charge in [0.05, 0.1) is 0 Å². The van der Waals surface area contributed by atoms with Crippen LogP contribution >= 0.6 is 11.3 Å². The number of aryl methyl sites for hydroxylation is 1. The highest BCUT2D eigenvalue weighted by Crippen LogP contribution is 2.24. The van der Waals surface area contributed by atoms with Crippen molar-refractivity contribution in [2.24, 2.45) is 5.73 Å². The molecular formula is C16H22N2S. The van der Waals surface area contributed by atoms with Gasteiger partial charge in [-0.15, -0.1) is 0 Å². The second-order valence-corrected chi connectivity index (χ2v) is 5.63. The molecule has 102 valence electrons. The molecule has 1 heterocycles. The largest absolute Gasteiger partial charge is 0.329 e. The van der Waals surface area contributed by atoms with Crippen LogP contribution in [0.1, 0.15) is 29.7 Å². The Kier molecular flexibility index (Phi) is 5.14. The molecule has 0 spiro atoms. The highest BCUT2D eigenvalue weighted by Gasteiger charge is 2.18. The molecule has 1 unspecified atom stereocenters. The Balaban J connectivity index is 2.18. The van der Waals surface area contributed by atoms with Crippen LogP contribution in [0.2, 0.25) is 0 Å². The molecule has 0 saturated carbocycles. The number of benzene rings is 1. The number of nitrogens with zero attached hydrogens (tertiary/aromatic N) is 1. The third-order valence-corrected chi connectivity index (χ3v) is 4.29. The molecule has 2 nitrogen and oxygen atoms in total. The minimum atomic E-state index is 0.288. The van der Waals surface area contributed by atoms with E-state index in [4.69, 9.17) is 5.73 Å². The minimum absolute atomic E-state index is 0.288. The lowest BCUT2D eigenvalue weighted by atomic mass is 9.97. The normalized spacial score (nSPS) is 12.8. The maximum Gasteiger partial charge on any atom is 0.0473 e. The molecular weight excluding hydrogens is 252 g/mol. The Morgan fingerprint density at radius 1 is 1.26 bits per heavy atom. The number of hydrogen-bond acceptors (Lipinski definition) is 3. The second kappa shape index (κ2) is 6.85. The zero-order valence-electron chi connectivity index (χ0n) is 11.7. The smallest absolute Gasteiger partial charge is 0.0473 e. The summed E-state index contributed by atoms with van der Waals surface area (Å²) in [6, 6.07) is 11.1. The zero-order chi connectivity index (χ0) is 13.7. The highest BCUT2D eigenvalue weighted by molar-refractivity contribution is 7.07. The summed E-state index contributed by atoms with van der Waals surface area (Å²) in [5.41, 5.74) is 10.1. The molecule has 2 aromatic rings.